The highest BCUT2D eigenvalue weighted by Crippen LogP contribution is 2.24. The van der Waals surface area contributed by atoms with Crippen LogP contribution in [0.2, 0.25) is 0 Å². The number of fused-ring (bicyclic) bond motifs is 3. The van der Waals surface area contributed by atoms with Crippen LogP contribution >= 0.6 is 0 Å². The number of carbonyl (C=O) groups is 1. The quantitative estimate of drug-likeness (QED) is 0.787. The van der Waals surface area contributed by atoms with Crippen LogP contribution in [0.5, 0.6) is 0 Å². The minimum Gasteiger partial charge on any atom is -0.369 e. The van der Waals surface area contributed by atoms with E-state index < -0.39 is 0 Å². The van der Waals surface area contributed by atoms with Gasteiger partial charge in [-0.2, -0.15) is 4.99 Å². The van der Waals surface area contributed by atoms with Gasteiger partial charge in [-0.3, -0.25) is 14.3 Å². The Morgan fingerprint density at radius 1 is 1.38 bits per heavy atom. The number of nitrogens with zero attached hydrogens (tertiary/aromatic N) is 4. The van der Waals surface area contributed by atoms with Gasteiger partial charge in [-0.05, 0) is 29.8 Å². The number of benzene rings is 1. The lowest BCUT2D eigenvalue weighted by atomic mass is 10.1. The van der Waals surface area contributed by atoms with Crippen LogP contribution in [0.15, 0.2) is 54.3 Å². The molecule has 1 amide bonds. The predicted octanol–water partition coefficient (Wildman–Crippen LogP) is 2.24. The fourth-order valence-electron chi connectivity index (χ4n) is 2.80. The van der Waals surface area contributed by atoms with Crippen LogP contribution in [0, 0.1) is 0 Å². The molecule has 1 aliphatic heterocycles. The molecular weight excluding hydrogens is 302 g/mol. The second-order valence-electron chi connectivity index (χ2n) is 5.48. The summed E-state index contributed by atoms with van der Waals surface area (Å²) in [4.78, 5) is 25.1. The summed E-state index contributed by atoms with van der Waals surface area (Å²) in [5.74, 6) is 0.584. The molecule has 4 rings (SSSR count). The van der Waals surface area contributed by atoms with Crippen molar-refractivity contribution < 1.29 is 4.79 Å². The van der Waals surface area contributed by atoms with Crippen molar-refractivity contribution in [2.45, 2.75) is 6.54 Å². The van der Waals surface area contributed by atoms with E-state index in [9.17, 15) is 4.79 Å². The third-order valence-corrected chi connectivity index (χ3v) is 3.98. The molecule has 3 heterocycles. The normalized spacial score (nSPS) is 13.6. The molecule has 2 aromatic heterocycles. The Bertz CT molecular complexity index is 1020. The van der Waals surface area contributed by atoms with E-state index in [0.717, 1.165) is 35.4 Å². The highest BCUT2D eigenvalue weighted by Gasteiger charge is 2.16. The van der Waals surface area contributed by atoms with Crippen LogP contribution in [0.3, 0.4) is 0 Å². The third kappa shape index (κ3) is 2.38. The zero-order valence-electron chi connectivity index (χ0n) is 12.9. The molecule has 0 radical (unpaired) electrons. The Morgan fingerprint density at radius 2 is 2.29 bits per heavy atom. The van der Waals surface area contributed by atoms with Gasteiger partial charge in [0.2, 0.25) is 5.62 Å². The predicted molar refractivity (Wildman–Crippen MR) is 92.4 cm³/mol. The van der Waals surface area contributed by atoms with Gasteiger partial charge in [0.05, 0.1) is 11.1 Å². The molecule has 24 heavy (non-hydrogen) atoms. The van der Waals surface area contributed by atoms with Crippen molar-refractivity contribution in [3.8, 4) is 0 Å². The number of nitrogens with one attached hydrogen (secondary N) is 1. The van der Waals surface area contributed by atoms with Gasteiger partial charge in [0.15, 0.2) is 0 Å². The van der Waals surface area contributed by atoms with Crippen molar-refractivity contribution in [3.05, 3.63) is 66.0 Å². The summed E-state index contributed by atoms with van der Waals surface area (Å²) in [6, 6.07) is 9.31. The van der Waals surface area contributed by atoms with Crippen molar-refractivity contribution in [1.82, 2.24) is 14.5 Å². The van der Waals surface area contributed by atoms with Crippen LogP contribution in [0.25, 0.3) is 17.0 Å². The minimum atomic E-state index is -0.348. The number of hydrogen-bond donors (Lipinski definition) is 1. The van der Waals surface area contributed by atoms with E-state index in [1.807, 2.05) is 22.8 Å². The Balaban J connectivity index is 1.92. The summed E-state index contributed by atoms with van der Waals surface area (Å²) >= 11 is 0. The van der Waals surface area contributed by atoms with Crippen molar-refractivity contribution in [3.63, 3.8) is 0 Å². The SMILES string of the molecule is C=Cc1ccc2nc(=NC(=O)c3cccnc3)n3c(c2c1)NCC3. The van der Waals surface area contributed by atoms with Crippen LogP contribution < -0.4 is 10.9 Å². The first-order chi connectivity index (χ1) is 11.8. The first kappa shape index (κ1) is 14.3. The minimum absolute atomic E-state index is 0.348. The Hall–Kier alpha value is -3.28. The van der Waals surface area contributed by atoms with E-state index in [2.05, 4.69) is 26.9 Å². The fraction of sp³-hybridized carbons (Fsp3) is 0.111. The van der Waals surface area contributed by atoms with Crippen molar-refractivity contribution in [1.29, 1.82) is 0 Å². The molecule has 0 aliphatic carbocycles. The average Bonchev–Trinajstić information content (AvgIpc) is 3.12. The standard InChI is InChI=1S/C18H15N5O/c1-2-12-5-6-15-14(10-12)16-20-8-9-23(16)18(21-15)22-17(24)13-4-3-7-19-11-13/h2-7,10-11,20H,1,8-9H2. The summed E-state index contributed by atoms with van der Waals surface area (Å²) in [7, 11) is 0. The highest BCUT2D eigenvalue weighted by atomic mass is 16.1. The number of rotatable bonds is 2. The van der Waals surface area contributed by atoms with Gasteiger partial charge in [-0.25, -0.2) is 4.98 Å². The maximum absolute atomic E-state index is 12.4. The van der Waals surface area contributed by atoms with Gasteiger partial charge in [0, 0.05) is 30.9 Å². The van der Waals surface area contributed by atoms with E-state index in [0.29, 0.717) is 11.2 Å². The van der Waals surface area contributed by atoms with Crippen molar-refractivity contribution in [2.24, 2.45) is 4.99 Å². The average molecular weight is 317 g/mol. The van der Waals surface area contributed by atoms with E-state index in [1.165, 1.54) is 6.20 Å². The Labute approximate surface area is 138 Å². The molecule has 0 saturated carbocycles. The second kappa shape index (κ2) is 5.73. The summed E-state index contributed by atoms with van der Waals surface area (Å²) < 4.78 is 1.93. The molecule has 0 bridgehead atoms. The molecule has 0 spiro atoms. The first-order valence-corrected chi connectivity index (χ1v) is 7.66. The smallest absolute Gasteiger partial charge is 0.281 e. The first-order valence-electron chi connectivity index (χ1n) is 7.66. The maximum Gasteiger partial charge on any atom is 0.281 e. The van der Waals surface area contributed by atoms with Gasteiger partial charge in [0.25, 0.3) is 5.91 Å². The molecule has 0 fully saturated rings. The van der Waals surface area contributed by atoms with Crippen molar-refractivity contribution in [2.75, 3.05) is 11.9 Å². The highest BCUT2D eigenvalue weighted by molar-refractivity contribution is 5.95. The number of carbonyl (C=O) groups excluding carboxylic acids is 1. The monoisotopic (exact) mass is 317 g/mol. The van der Waals surface area contributed by atoms with Gasteiger partial charge < -0.3 is 5.32 Å². The molecule has 0 saturated heterocycles. The molecule has 118 valence electrons. The maximum atomic E-state index is 12.4. The summed E-state index contributed by atoms with van der Waals surface area (Å²) in [6.07, 6.45) is 4.93. The Kier molecular flexibility index (Phi) is 3.42. The molecule has 1 N–H and O–H groups in total. The lowest BCUT2D eigenvalue weighted by Gasteiger charge is -2.08. The van der Waals surface area contributed by atoms with Gasteiger partial charge >= 0.3 is 0 Å². The van der Waals surface area contributed by atoms with E-state index >= 15 is 0 Å². The van der Waals surface area contributed by atoms with Gasteiger partial charge in [-0.15, -0.1) is 0 Å². The number of amides is 1. The third-order valence-electron chi connectivity index (χ3n) is 3.98. The summed E-state index contributed by atoms with van der Waals surface area (Å²) in [6.45, 7) is 5.30. The molecule has 0 atom stereocenters. The molecule has 6 nitrogen and oxygen atoms in total. The number of pyridine rings is 1. The number of anilines is 1. The van der Waals surface area contributed by atoms with E-state index in [4.69, 9.17) is 0 Å². The molecular formula is C18H15N5O. The summed E-state index contributed by atoms with van der Waals surface area (Å²) in [5.41, 5.74) is 2.67. The molecule has 6 heteroatoms. The number of hydrogen-bond acceptors (Lipinski definition) is 4. The Morgan fingerprint density at radius 3 is 3.08 bits per heavy atom. The van der Waals surface area contributed by atoms with E-state index in [-0.39, 0.29) is 5.91 Å². The molecule has 1 aromatic carbocycles. The van der Waals surface area contributed by atoms with Gasteiger partial charge in [0.1, 0.15) is 5.82 Å². The molecule has 3 aromatic rings. The zero-order chi connectivity index (χ0) is 16.5. The zero-order valence-corrected chi connectivity index (χ0v) is 12.9. The topological polar surface area (TPSA) is 72.2 Å². The van der Waals surface area contributed by atoms with Crippen LogP contribution in [-0.4, -0.2) is 27.0 Å². The van der Waals surface area contributed by atoms with E-state index in [1.54, 1.807) is 24.4 Å². The van der Waals surface area contributed by atoms with Crippen LogP contribution in [0.4, 0.5) is 5.82 Å². The lowest BCUT2D eigenvalue weighted by molar-refractivity contribution is 0.0996. The molecule has 0 unspecified atom stereocenters. The van der Waals surface area contributed by atoms with Crippen molar-refractivity contribution >= 4 is 28.7 Å². The second-order valence-corrected chi connectivity index (χ2v) is 5.48. The number of aromatic nitrogens is 3. The summed E-state index contributed by atoms with van der Waals surface area (Å²) in [5, 5.41) is 4.35. The van der Waals surface area contributed by atoms with Crippen LogP contribution in [0.1, 0.15) is 15.9 Å². The fourth-order valence-corrected chi connectivity index (χ4v) is 2.80. The largest absolute Gasteiger partial charge is 0.369 e. The van der Waals surface area contributed by atoms with Crippen LogP contribution in [-0.2, 0) is 6.54 Å². The lowest BCUT2D eigenvalue weighted by Crippen LogP contribution is -2.24. The van der Waals surface area contributed by atoms with Gasteiger partial charge in [-0.1, -0.05) is 18.7 Å². The molecule has 1 aliphatic rings.